The normalized spacial score (nSPS) is 19.2. The highest BCUT2D eigenvalue weighted by Crippen LogP contribution is 2.50. The van der Waals surface area contributed by atoms with Crippen molar-refractivity contribution < 1.29 is 32.8 Å². The predicted molar refractivity (Wildman–Crippen MR) is 239 cm³/mol. The Balaban J connectivity index is 1.50. The highest BCUT2D eigenvalue weighted by molar-refractivity contribution is 6.03. The first-order valence-corrected chi connectivity index (χ1v) is 21.4. The monoisotopic (exact) mass is 804 g/mol. The Kier molecular flexibility index (Phi) is 13.6. The maximum atomic E-state index is 7.46. The summed E-state index contributed by atoms with van der Waals surface area (Å²) >= 11 is 0. The van der Waals surface area contributed by atoms with Gasteiger partial charge in [0.2, 0.25) is 5.69 Å². The molecule has 8 heteroatoms. The largest absolute Gasteiger partial charge is 0.497 e. The van der Waals surface area contributed by atoms with E-state index >= 15 is 0 Å². The number of benzene rings is 2. The van der Waals surface area contributed by atoms with E-state index in [0.717, 1.165) is 62.5 Å². The Labute approximate surface area is 354 Å². The van der Waals surface area contributed by atoms with Gasteiger partial charge in [-0.1, -0.05) is 40.7 Å². The van der Waals surface area contributed by atoms with Gasteiger partial charge in [-0.25, -0.2) is 4.57 Å². The van der Waals surface area contributed by atoms with Gasteiger partial charge in [0, 0.05) is 91.4 Å². The number of allylic oxidation sites excluding steroid dienone is 7. The number of aromatic nitrogens is 1. The van der Waals surface area contributed by atoms with Gasteiger partial charge in [0.05, 0.1) is 26.2 Å². The van der Waals surface area contributed by atoms with Crippen molar-refractivity contribution in [1.82, 2.24) is 0 Å². The second kappa shape index (κ2) is 18.3. The number of rotatable bonds is 16. The van der Waals surface area contributed by atoms with Gasteiger partial charge in [-0.05, 0) is 98.7 Å². The van der Waals surface area contributed by atoms with Crippen LogP contribution >= 0.6 is 0 Å². The molecular weight excluding hydrogens is 735 g/mol. The molecular formula is C51H69N3O5+2. The maximum Gasteiger partial charge on any atom is 0.210 e. The van der Waals surface area contributed by atoms with E-state index in [2.05, 4.69) is 155 Å². The van der Waals surface area contributed by atoms with Crippen molar-refractivity contribution in [2.45, 2.75) is 97.5 Å². The molecule has 3 heterocycles. The van der Waals surface area contributed by atoms with E-state index in [-0.39, 0.29) is 22.3 Å². The third kappa shape index (κ3) is 9.24. The molecule has 316 valence electrons. The number of methoxy groups -OCH3 is 4. The predicted octanol–water partition coefficient (Wildman–Crippen LogP) is 10.4. The number of nitrogens with zero attached hydrogens (tertiary/aromatic N) is 3. The Bertz CT molecular complexity index is 2130. The molecule has 3 aromatic rings. The summed E-state index contributed by atoms with van der Waals surface area (Å²) in [5.74, 6) is 2.74. The summed E-state index contributed by atoms with van der Waals surface area (Å²) in [4.78, 5) is 2.48. The summed E-state index contributed by atoms with van der Waals surface area (Å²) in [6, 6.07) is 17.4. The van der Waals surface area contributed by atoms with Crippen molar-refractivity contribution in [3.05, 3.63) is 125 Å². The molecule has 3 aliphatic rings. The molecule has 0 N–H and O–H groups in total. The van der Waals surface area contributed by atoms with E-state index in [4.69, 9.17) is 23.7 Å². The van der Waals surface area contributed by atoms with Crippen LogP contribution in [0, 0.1) is 5.41 Å². The summed E-state index contributed by atoms with van der Waals surface area (Å²) in [6.45, 7) is 19.3. The van der Waals surface area contributed by atoms with E-state index in [1.54, 1.807) is 28.4 Å². The zero-order valence-corrected chi connectivity index (χ0v) is 37.9. The van der Waals surface area contributed by atoms with E-state index in [1.807, 2.05) is 0 Å². The fourth-order valence-corrected chi connectivity index (χ4v) is 9.06. The third-order valence-electron chi connectivity index (χ3n) is 12.3. The zero-order valence-electron chi connectivity index (χ0n) is 37.9. The van der Waals surface area contributed by atoms with Gasteiger partial charge < -0.3 is 28.6 Å². The average Bonchev–Trinajstić information content (AvgIpc) is 3.55. The Hall–Kier alpha value is -4.66. The van der Waals surface area contributed by atoms with Gasteiger partial charge in [0.1, 0.15) is 30.4 Å². The topological polar surface area (TPSA) is 56.3 Å². The molecule has 0 amide bonds. The molecule has 1 aliphatic carbocycles. The van der Waals surface area contributed by atoms with Crippen molar-refractivity contribution in [2.24, 2.45) is 12.5 Å². The summed E-state index contributed by atoms with van der Waals surface area (Å²) < 4.78 is 34.4. The molecule has 1 aromatic heterocycles. The van der Waals surface area contributed by atoms with E-state index < -0.39 is 0 Å². The Morgan fingerprint density at radius 1 is 0.780 bits per heavy atom. The minimum Gasteiger partial charge on any atom is -0.497 e. The van der Waals surface area contributed by atoms with Crippen LogP contribution in [0.4, 0.5) is 11.4 Å². The quantitative estimate of drug-likeness (QED) is 0.106. The molecule has 2 aromatic carbocycles. The molecule has 0 saturated heterocycles. The standard InChI is InChI=1S/C51H69N3O5/c1-49(2,3)48(38-26-30-52(8)31-27-38)59-47-36(18-24-45-50(4,5)41-34-39(57-11)20-22-43(41)53(45)28-14-32-55-9)16-13-17-37(47)19-25-46-51(6,7)42-35-40(58-12)21-23-44(42)54(46)29-15-33-56-10/h18-27,30-31,34-35,48H,13-17,28-29,32-33H2,1-12H3/q+2. The minimum atomic E-state index is -0.238. The fourth-order valence-electron chi connectivity index (χ4n) is 9.06. The van der Waals surface area contributed by atoms with Crippen molar-refractivity contribution in [2.75, 3.05) is 59.6 Å². The number of aryl methyl sites for hydroxylation is 1. The van der Waals surface area contributed by atoms with Crippen LogP contribution in [-0.2, 0) is 32.1 Å². The first kappa shape index (κ1) is 43.9. The van der Waals surface area contributed by atoms with Gasteiger partial charge in [0.15, 0.2) is 24.7 Å². The van der Waals surface area contributed by atoms with Crippen molar-refractivity contribution in [3.63, 3.8) is 0 Å². The summed E-state index contributed by atoms with van der Waals surface area (Å²) in [5.41, 5.74) is 10.5. The molecule has 6 rings (SSSR count). The van der Waals surface area contributed by atoms with Gasteiger partial charge in [-0.2, -0.15) is 4.58 Å². The molecule has 0 fully saturated rings. The summed E-state index contributed by atoms with van der Waals surface area (Å²) in [5, 5.41) is 0. The molecule has 0 saturated carbocycles. The van der Waals surface area contributed by atoms with Crippen LogP contribution < -0.4 is 18.9 Å². The lowest BCUT2D eigenvalue weighted by Crippen LogP contribution is -2.29. The third-order valence-corrected chi connectivity index (χ3v) is 12.3. The van der Waals surface area contributed by atoms with Crippen molar-refractivity contribution in [1.29, 1.82) is 0 Å². The molecule has 1 unspecified atom stereocenters. The molecule has 0 bridgehead atoms. The lowest BCUT2D eigenvalue weighted by molar-refractivity contribution is -0.671. The van der Waals surface area contributed by atoms with Crippen LogP contribution in [0.15, 0.2) is 108 Å². The highest BCUT2D eigenvalue weighted by atomic mass is 16.5. The molecule has 8 nitrogen and oxygen atoms in total. The number of fused-ring (bicyclic) bond motifs is 2. The van der Waals surface area contributed by atoms with Crippen LogP contribution in [-0.4, -0.2) is 65.0 Å². The first-order chi connectivity index (χ1) is 28.1. The summed E-state index contributed by atoms with van der Waals surface area (Å²) in [7, 11) is 9.10. The lowest BCUT2D eigenvalue weighted by atomic mass is 9.80. The van der Waals surface area contributed by atoms with Crippen LogP contribution in [0.1, 0.15) is 103 Å². The first-order valence-electron chi connectivity index (χ1n) is 21.4. The SMILES string of the molecule is COCCCN1/C(=C/C=C2\CCCC(/C=C/C3=[N+](CCCOC)c4ccc(OC)cc4C3(C)C)=C2OC(c2cc[n+](C)cc2)C(C)(C)C)C(C)(C)c2cc(OC)ccc21. The Morgan fingerprint density at radius 2 is 1.44 bits per heavy atom. The second-order valence-corrected chi connectivity index (χ2v) is 18.3. The molecule has 0 spiro atoms. The zero-order chi connectivity index (χ0) is 42.5. The average molecular weight is 804 g/mol. The van der Waals surface area contributed by atoms with Crippen molar-refractivity contribution >= 4 is 17.1 Å². The van der Waals surface area contributed by atoms with E-state index in [1.165, 1.54) is 50.6 Å². The second-order valence-electron chi connectivity index (χ2n) is 18.3. The number of ether oxygens (including phenoxy) is 5. The lowest BCUT2D eigenvalue weighted by Gasteiger charge is -2.35. The summed E-state index contributed by atoms with van der Waals surface area (Å²) in [6.07, 6.45) is 18.2. The van der Waals surface area contributed by atoms with Crippen LogP contribution in [0.2, 0.25) is 0 Å². The van der Waals surface area contributed by atoms with Gasteiger partial charge in [-0.15, -0.1) is 0 Å². The number of hydrogen-bond donors (Lipinski definition) is 0. The van der Waals surface area contributed by atoms with Crippen molar-refractivity contribution in [3.8, 4) is 11.5 Å². The van der Waals surface area contributed by atoms with Crippen LogP contribution in [0.25, 0.3) is 0 Å². The van der Waals surface area contributed by atoms with Crippen LogP contribution in [0.3, 0.4) is 0 Å². The molecule has 2 aliphatic heterocycles. The molecule has 1 atom stereocenters. The fraction of sp³-hybridized carbons (Fsp3) is 0.490. The van der Waals surface area contributed by atoms with Gasteiger partial charge >= 0.3 is 0 Å². The van der Waals surface area contributed by atoms with Gasteiger partial charge in [-0.3, -0.25) is 0 Å². The minimum absolute atomic E-state index is 0.167. The van der Waals surface area contributed by atoms with E-state index in [0.29, 0.717) is 13.2 Å². The number of hydrogen-bond acceptors (Lipinski definition) is 6. The number of pyridine rings is 1. The molecule has 0 radical (unpaired) electrons. The van der Waals surface area contributed by atoms with Gasteiger partial charge in [0.25, 0.3) is 0 Å². The van der Waals surface area contributed by atoms with Crippen LogP contribution in [0.5, 0.6) is 11.5 Å². The van der Waals surface area contributed by atoms with E-state index in [9.17, 15) is 0 Å². The maximum absolute atomic E-state index is 7.46. The molecule has 59 heavy (non-hydrogen) atoms. The Morgan fingerprint density at radius 3 is 2.10 bits per heavy atom. The highest BCUT2D eigenvalue weighted by Gasteiger charge is 2.45. The number of anilines is 1. The smallest absolute Gasteiger partial charge is 0.210 e.